The summed E-state index contributed by atoms with van der Waals surface area (Å²) < 4.78 is 0. The molecule has 1 aromatic carbocycles. The van der Waals surface area contributed by atoms with Gasteiger partial charge in [0.1, 0.15) is 0 Å². The third-order valence-electron chi connectivity index (χ3n) is 1.60. The van der Waals surface area contributed by atoms with Crippen molar-refractivity contribution in [1.29, 1.82) is 5.26 Å². The summed E-state index contributed by atoms with van der Waals surface area (Å²) in [5.41, 5.74) is 0.920. The third-order valence-corrected chi connectivity index (χ3v) is 2.53. The predicted octanol–water partition coefficient (Wildman–Crippen LogP) is 2.52. The number of nitro benzene ring substituents is 1. The second-order valence-electron chi connectivity index (χ2n) is 2.68. The SMILES string of the molecule is Cc1ccc(SCC#N)c([N+](=O)[O-])c1. The first kappa shape index (κ1) is 10.5. The van der Waals surface area contributed by atoms with Gasteiger partial charge >= 0.3 is 0 Å². The van der Waals surface area contributed by atoms with Crippen molar-refractivity contribution in [2.24, 2.45) is 0 Å². The smallest absolute Gasteiger partial charge is 0.258 e. The molecule has 0 aromatic heterocycles. The fourth-order valence-electron chi connectivity index (χ4n) is 1.00. The molecule has 0 unspecified atom stereocenters. The van der Waals surface area contributed by atoms with Gasteiger partial charge in [-0.3, -0.25) is 10.1 Å². The van der Waals surface area contributed by atoms with Crippen LogP contribution in [0.3, 0.4) is 0 Å². The summed E-state index contributed by atoms with van der Waals surface area (Å²) in [5.74, 6) is 0.226. The molecule has 0 N–H and O–H groups in total. The Morgan fingerprint density at radius 1 is 1.64 bits per heavy atom. The topological polar surface area (TPSA) is 66.9 Å². The van der Waals surface area contributed by atoms with Gasteiger partial charge in [0.05, 0.1) is 21.6 Å². The molecule has 0 aliphatic rings. The van der Waals surface area contributed by atoms with E-state index in [1.165, 1.54) is 17.8 Å². The summed E-state index contributed by atoms with van der Waals surface area (Å²) in [7, 11) is 0. The molecule has 0 saturated carbocycles. The molecule has 1 rings (SSSR count). The van der Waals surface area contributed by atoms with E-state index in [1.54, 1.807) is 19.1 Å². The van der Waals surface area contributed by atoms with Gasteiger partial charge in [0.25, 0.3) is 5.69 Å². The van der Waals surface area contributed by atoms with Gasteiger partial charge in [0.15, 0.2) is 0 Å². The van der Waals surface area contributed by atoms with Crippen molar-refractivity contribution < 1.29 is 4.92 Å². The lowest BCUT2D eigenvalue weighted by Crippen LogP contribution is -1.91. The van der Waals surface area contributed by atoms with E-state index in [2.05, 4.69) is 0 Å². The van der Waals surface area contributed by atoms with Gasteiger partial charge < -0.3 is 0 Å². The average molecular weight is 208 g/mol. The second kappa shape index (κ2) is 4.63. The van der Waals surface area contributed by atoms with Crippen LogP contribution in [-0.4, -0.2) is 10.7 Å². The maximum Gasteiger partial charge on any atom is 0.283 e. The Balaban J connectivity index is 3.03. The van der Waals surface area contributed by atoms with Gasteiger partial charge in [-0.25, -0.2) is 0 Å². The number of aryl methyl sites for hydroxylation is 1. The van der Waals surface area contributed by atoms with E-state index in [-0.39, 0.29) is 11.4 Å². The highest BCUT2D eigenvalue weighted by atomic mass is 32.2. The zero-order valence-electron chi connectivity index (χ0n) is 7.56. The molecule has 0 bridgehead atoms. The summed E-state index contributed by atoms with van der Waals surface area (Å²) in [6, 6.07) is 6.93. The molecule has 72 valence electrons. The minimum atomic E-state index is -0.424. The Morgan fingerprint density at radius 2 is 2.36 bits per heavy atom. The Bertz CT molecular complexity index is 398. The van der Waals surface area contributed by atoms with Gasteiger partial charge in [-0.05, 0) is 18.6 Å². The molecule has 5 heteroatoms. The lowest BCUT2D eigenvalue weighted by atomic mass is 10.2. The van der Waals surface area contributed by atoms with E-state index in [0.29, 0.717) is 4.90 Å². The van der Waals surface area contributed by atoms with Crippen LogP contribution in [0, 0.1) is 28.4 Å². The monoisotopic (exact) mass is 208 g/mol. The zero-order chi connectivity index (χ0) is 10.6. The lowest BCUT2D eigenvalue weighted by molar-refractivity contribution is -0.387. The molecular weight excluding hydrogens is 200 g/mol. The number of thioether (sulfide) groups is 1. The van der Waals surface area contributed by atoms with Crippen LogP contribution in [0.25, 0.3) is 0 Å². The molecule has 1 aromatic rings. The maximum absolute atomic E-state index is 10.6. The van der Waals surface area contributed by atoms with Crippen LogP contribution >= 0.6 is 11.8 Å². The number of nitriles is 1. The van der Waals surface area contributed by atoms with Gasteiger partial charge in [0.2, 0.25) is 0 Å². The van der Waals surface area contributed by atoms with Crippen molar-refractivity contribution in [3.8, 4) is 6.07 Å². The molecule has 0 aliphatic carbocycles. The van der Waals surface area contributed by atoms with Gasteiger partial charge in [-0.2, -0.15) is 5.26 Å². The van der Waals surface area contributed by atoms with Crippen molar-refractivity contribution in [2.75, 3.05) is 5.75 Å². The van der Waals surface area contributed by atoms with Crippen LogP contribution < -0.4 is 0 Å². The lowest BCUT2D eigenvalue weighted by Gasteiger charge is -2.00. The van der Waals surface area contributed by atoms with Gasteiger partial charge in [0, 0.05) is 6.07 Å². The highest BCUT2D eigenvalue weighted by Crippen LogP contribution is 2.29. The van der Waals surface area contributed by atoms with Crippen LogP contribution in [0.15, 0.2) is 23.1 Å². The van der Waals surface area contributed by atoms with Crippen LogP contribution in [0.2, 0.25) is 0 Å². The molecule has 14 heavy (non-hydrogen) atoms. The Kier molecular flexibility index (Phi) is 3.48. The van der Waals surface area contributed by atoms with Crippen molar-refractivity contribution in [1.82, 2.24) is 0 Å². The molecule has 4 nitrogen and oxygen atoms in total. The fraction of sp³-hybridized carbons (Fsp3) is 0.222. The second-order valence-corrected chi connectivity index (χ2v) is 3.69. The van der Waals surface area contributed by atoms with Crippen molar-refractivity contribution in [3.63, 3.8) is 0 Å². The summed E-state index contributed by atoms with van der Waals surface area (Å²) in [6.07, 6.45) is 0. The minimum absolute atomic E-state index is 0.0743. The highest BCUT2D eigenvalue weighted by Gasteiger charge is 2.13. The van der Waals surface area contributed by atoms with Crippen molar-refractivity contribution in [3.05, 3.63) is 33.9 Å². The standard InChI is InChI=1S/C9H8N2O2S/c1-7-2-3-9(14-5-4-10)8(6-7)11(12)13/h2-3,6H,5H2,1H3. The van der Waals surface area contributed by atoms with Crippen molar-refractivity contribution >= 4 is 17.4 Å². The minimum Gasteiger partial charge on any atom is -0.258 e. The van der Waals surface area contributed by atoms with E-state index >= 15 is 0 Å². The largest absolute Gasteiger partial charge is 0.283 e. The molecule has 0 amide bonds. The maximum atomic E-state index is 10.6. The quantitative estimate of drug-likeness (QED) is 0.435. The van der Waals surface area contributed by atoms with E-state index in [4.69, 9.17) is 5.26 Å². The number of rotatable bonds is 3. The zero-order valence-corrected chi connectivity index (χ0v) is 8.37. The molecule has 0 heterocycles. The van der Waals surface area contributed by atoms with E-state index in [1.807, 2.05) is 6.07 Å². The molecule has 0 atom stereocenters. The Morgan fingerprint density at radius 3 is 2.93 bits per heavy atom. The fourth-order valence-corrected chi connectivity index (χ4v) is 1.67. The van der Waals surface area contributed by atoms with E-state index in [0.717, 1.165) is 5.56 Å². The number of benzene rings is 1. The number of hydrogen-bond acceptors (Lipinski definition) is 4. The van der Waals surface area contributed by atoms with E-state index in [9.17, 15) is 10.1 Å². The van der Waals surface area contributed by atoms with E-state index < -0.39 is 4.92 Å². The van der Waals surface area contributed by atoms with Crippen LogP contribution in [0.1, 0.15) is 5.56 Å². The first-order valence-electron chi connectivity index (χ1n) is 3.90. The summed E-state index contributed by atoms with van der Waals surface area (Å²) in [5, 5.41) is 19.0. The molecule has 0 fully saturated rings. The molecule has 0 radical (unpaired) electrons. The Hall–Kier alpha value is -1.54. The van der Waals surface area contributed by atoms with Gasteiger partial charge in [-0.1, -0.05) is 6.07 Å². The number of nitro groups is 1. The molecular formula is C9H8N2O2S. The summed E-state index contributed by atoms with van der Waals surface area (Å²) in [6.45, 7) is 1.80. The highest BCUT2D eigenvalue weighted by molar-refractivity contribution is 7.99. The summed E-state index contributed by atoms with van der Waals surface area (Å²) in [4.78, 5) is 10.8. The molecule has 0 aliphatic heterocycles. The Labute approximate surface area is 85.7 Å². The predicted molar refractivity (Wildman–Crippen MR) is 54.2 cm³/mol. The first-order valence-corrected chi connectivity index (χ1v) is 4.88. The van der Waals surface area contributed by atoms with Crippen LogP contribution in [0.5, 0.6) is 0 Å². The van der Waals surface area contributed by atoms with Crippen LogP contribution in [0.4, 0.5) is 5.69 Å². The van der Waals surface area contributed by atoms with Crippen molar-refractivity contribution in [2.45, 2.75) is 11.8 Å². The van der Waals surface area contributed by atoms with Gasteiger partial charge in [-0.15, -0.1) is 11.8 Å². The first-order chi connectivity index (χ1) is 6.65. The normalized spacial score (nSPS) is 9.43. The molecule has 0 spiro atoms. The summed E-state index contributed by atoms with van der Waals surface area (Å²) >= 11 is 1.18. The average Bonchev–Trinajstić information content (AvgIpc) is 2.15. The molecule has 0 saturated heterocycles. The number of nitrogens with zero attached hydrogens (tertiary/aromatic N) is 2. The third kappa shape index (κ3) is 2.47. The van der Waals surface area contributed by atoms with Crippen LogP contribution in [-0.2, 0) is 0 Å². The number of hydrogen-bond donors (Lipinski definition) is 0.